The van der Waals surface area contributed by atoms with E-state index in [9.17, 15) is 17.6 Å². The van der Waals surface area contributed by atoms with Crippen molar-refractivity contribution in [2.45, 2.75) is 4.90 Å². The summed E-state index contributed by atoms with van der Waals surface area (Å²) in [5.41, 5.74) is -0.136. The number of hydrogen-bond donors (Lipinski definition) is 1. The van der Waals surface area contributed by atoms with Gasteiger partial charge < -0.3 is 4.42 Å². The lowest BCUT2D eigenvalue weighted by Crippen LogP contribution is -2.30. The van der Waals surface area contributed by atoms with Gasteiger partial charge in [0, 0.05) is 0 Å². The van der Waals surface area contributed by atoms with Crippen LogP contribution in [-0.2, 0) is 10.0 Å². The van der Waals surface area contributed by atoms with Crippen molar-refractivity contribution in [2.75, 3.05) is 0 Å². The van der Waals surface area contributed by atoms with E-state index in [4.69, 9.17) is 23.2 Å². The van der Waals surface area contributed by atoms with Crippen LogP contribution in [0.15, 0.2) is 39.8 Å². The molecule has 1 N–H and O–H groups in total. The molecule has 0 saturated heterocycles. The lowest BCUT2D eigenvalue weighted by Gasteiger charge is -2.06. The number of furan rings is 1. The minimum Gasteiger partial charge on any atom is -0.452 e. The highest BCUT2D eigenvalue weighted by molar-refractivity contribution is 7.90. The van der Waals surface area contributed by atoms with Crippen LogP contribution in [0.1, 0.15) is 10.4 Å². The van der Waals surface area contributed by atoms with Crippen molar-refractivity contribution in [2.24, 2.45) is 0 Å². The van der Waals surface area contributed by atoms with Gasteiger partial charge in [0.25, 0.3) is 15.9 Å². The number of benzene rings is 1. The largest absolute Gasteiger partial charge is 0.452 e. The van der Waals surface area contributed by atoms with Crippen molar-refractivity contribution in [3.8, 4) is 0 Å². The Morgan fingerprint density at radius 2 is 1.95 bits per heavy atom. The van der Waals surface area contributed by atoms with Crippen LogP contribution in [0, 0.1) is 5.82 Å². The average Bonchev–Trinajstić information content (AvgIpc) is 2.78. The minimum atomic E-state index is -4.19. The molecule has 106 valence electrons. The molecule has 0 aliphatic rings. The molecule has 0 radical (unpaired) electrons. The Bertz CT molecular complexity index is 772. The van der Waals surface area contributed by atoms with E-state index in [1.165, 1.54) is 6.07 Å². The highest BCUT2D eigenvalue weighted by Crippen LogP contribution is 2.21. The second kappa shape index (κ2) is 5.43. The molecule has 0 atom stereocenters. The van der Waals surface area contributed by atoms with Gasteiger partial charge in [-0.3, -0.25) is 4.79 Å². The SMILES string of the molecule is O=C(NS(=O)(=O)c1ccc(F)c(Cl)c1)c1ccoc1Cl. The maximum absolute atomic E-state index is 13.0. The predicted molar refractivity (Wildman–Crippen MR) is 69.8 cm³/mol. The van der Waals surface area contributed by atoms with E-state index >= 15 is 0 Å². The summed E-state index contributed by atoms with van der Waals surface area (Å²) < 4.78 is 43.3. The van der Waals surface area contributed by atoms with Gasteiger partial charge in [-0.1, -0.05) is 11.6 Å². The van der Waals surface area contributed by atoms with Gasteiger partial charge in [0.15, 0.2) is 0 Å². The molecule has 1 aromatic carbocycles. The molecule has 2 aromatic rings. The fourth-order valence-corrected chi connectivity index (χ4v) is 2.77. The fraction of sp³-hybridized carbons (Fsp3) is 0. The van der Waals surface area contributed by atoms with E-state index in [0.29, 0.717) is 0 Å². The normalized spacial score (nSPS) is 11.3. The van der Waals surface area contributed by atoms with E-state index in [0.717, 1.165) is 24.5 Å². The molecule has 1 heterocycles. The Balaban J connectivity index is 2.30. The van der Waals surface area contributed by atoms with E-state index in [1.54, 1.807) is 4.72 Å². The minimum absolute atomic E-state index is 0.136. The van der Waals surface area contributed by atoms with Crippen LogP contribution in [0.3, 0.4) is 0 Å². The molecule has 2 rings (SSSR count). The molecule has 0 saturated carbocycles. The van der Waals surface area contributed by atoms with Gasteiger partial charge in [0.05, 0.1) is 21.7 Å². The molecule has 20 heavy (non-hydrogen) atoms. The number of carbonyl (C=O) groups excluding carboxylic acids is 1. The highest BCUT2D eigenvalue weighted by Gasteiger charge is 2.22. The fourth-order valence-electron chi connectivity index (χ4n) is 1.34. The van der Waals surface area contributed by atoms with Crippen molar-refractivity contribution >= 4 is 39.1 Å². The second-order valence-corrected chi connectivity index (χ2v) is 6.05. The van der Waals surface area contributed by atoms with Crippen LogP contribution < -0.4 is 4.72 Å². The number of hydrogen-bond acceptors (Lipinski definition) is 4. The summed E-state index contributed by atoms with van der Waals surface area (Å²) in [5.74, 6) is -1.74. The van der Waals surface area contributed by atoms with Crippen molar-refractivity contribution in [3.05, 3.63) is 52.2 Å². The third-order valence-corrected chi connectivity index (χ3v) is 4.20. The number of rotatable bonds is 3. The first kappa shape index (κ1) is 14.8. The topological polar surface area (TPSA) is 76.4 Å². The predicted octanol–water partition coefficient (Wildman–Crippen LogP) is 2.84. The van der Waals surface area contributed by atoms with E-state index in [-0.39, 0.29) is 20.7 Å². The smallest absolute Gasteiger partial charge is 0.269 e. The number of halogens is 3. The Morgan fingerprint density at radius 3 is 2.50 bits per heavy atom. The molecule has 5 nitrogen and oxygen atoms in total. The van der Waals surface area contributed by atoms with Gasteiger partial charge in [-0.25, -0.2) is 17.5 Å². The number of sulfonamides is 1. The van der Waals surface area contributed by atoms with Gasteiger partial charge in [-0.2, -0.15) is 0 Å². The van der Waals surface area contributed by atoms with Crippen LogP contribution >= 0.6 is 23.2 Å². The number of nitrogens with one attached hydrogen (secondary N) is 1. The molecule has 0 aliphatic heterocycles. The second-order valence-electron chi connectivity index (χ2n) is 3.62. The summed E-state index contributed by atoms with van der Waals surface area (Å²) in [4.78, 5) is 11.4. The third-order valence-electron chi connectivity index (χ3n) is 2.29. The summed E-state index contributed by atoms with van der Waals surface area (Å²) in [5, 5.41) is -0.614. The van der Waals surface area contributed by atoms with Crippen molar-refractivity contribution in [1.82, 2.24) is 4.72 Å². The van der Waals surface area contributed by atoms with Crippen molar-refractivity contribution < 1.29 is 22.0 Å². The molecule has 1 aromatic heterocycles. The Kier molecular flexibility index (Phi) is 4.03. The van der Waals surface area contributed by atoms with Gasteiger partial charge in [0.1, 0.15) is 5.82 Å². The first-order valence-corrected chi connectivity index (χ1v) is 7.30. The first-order chi connectivity index (χ1) is 9.31. The van der Waals surface area contributed by atoms with Crippen LogP contribution in [0.5, 0.6) is 0 Å². The van der Waals surface area contributed by atoms with Crippen LogP contribution in [0.2, 0.25) is 10.2 Å². The zero-order chi connectivity index (χ0) is 14.9. The van der Waals surface area contributed by atoms with Crippen LogP contribution in [0.4, 0.5) is 4.39 Å². The van der Waals surface area contributed by atoms with E-state index < -0.39 is 21.7 Å². The first-order valence-electron chi connectivity index (χ1n) is 5.06. The summed E-state index contributed by atoms with van der Waals surface area (Å²) in [6.45, 7) is 0. The monoisotopic (exact) mass is 337 g/mol. The maximum atomic E-state index is 13.0. The third kappa shape index (κ3) is 2.95. The highest BCUT2D eigenvalue weighted by atomic mass is 35.5. The van der Waals surface area contributed by atoms with Crippen molar-refractivity contribution in [3.63, 3.8) is 0 Å². The molecule has 0 aliphatic carbocycles. The van der Waals surface area contributed by atoms with Crippen molar-refractivity contribution in [1.29, 1.82) is 0 Å². The Labute approximate surface area is 123 Å². The van der Waals surface area contributed by atoms with Crippen LogP contribution in [0.25, 0.3) is 0 Å². The van der Waals surface area contributed by atoms with Gasteiger partial charge in [-0.15, -0.1) is 0 Å². The quantitative estimate of drug-likeness (QED) is 0.934. The standard InChI is InChI=1S/C11H6Cl2FNO4S/c12-8-5-6(1-2-9(8)14)20(17,18)15-11(16)7-3-4-19-10(7)13/h1-5H,(H,15,16). The molecule has 0 spiro atoms. The molecular weight excluding hydrogens is 332 g/mol. The van der Waals surface area contributed by atoms with Gasteiger partial charge >= 0.3 is 0 Å². The Hall–Kier alpha value is -1.57. The summed E-state index contributed by atoms with van der Waals surface area (Å²) in [7, 11) is -4.19. The Morgan fingerprint density at radius 1 is 1.25 bits per heavy atom. The molecular formula is C11H6Cl2FNO4S. The summed E-state index contributed by atoms with van der Waals surface area (Å²) >= 11 is 11.1. The van der Waals surface area contributed by atoms with Gasteiger partial charge in [0.2, 0.25) is 5.22 Å². The lowest BCUT2D eigenvalue weighted by atomic mass is 10.3. The molecule has 1 amide bonds. The number of carbonyl (C=O) groups is 1. The molecule has 9 heteroatoms. The molecule has 0 fully saturated rings. The molecule has 0 unspecified atom stereocenters. The molecule has 0 bridgehead atoms. The lowest BCUT2D eigenvalue weighted by molar-refractivity contribution is 0.0981. The van der Waals surface area contributed by atoms with E-state index in [1.807, 2.05) is 0 Å². The summed E-state index contributed by atoms with van der Waals surface area (Å²) in [6, 6.07) is 3.97. The average molecular weight is 338 g/mol. The summed E-state index contributed by atoms with van der Waals surface area (Å²) in [6.07, 6.45) is 1.14. The zero-order valence-corrected chi connectivity index (χ0v) is 11.9. The van der Waals surface area contributed by atoms with E-state index in [2.05, 4.69) is 4.42 Å². The van der Waals surface area contributed by atoms with Gasteiger partial charge in [-0.05, 0) is 35.9 Å². The number of amides is 1. The van der Waals surface area contributed by atoms with Crippen LogP contribution in [-0.4, -0.2) is 14.3 Å². The maximum Gasteiger partial charge on any atom is 0.269 e. The zero-order valence-electron chi connectivity index (χ0n) is 9.56.